The summed E-state index contributed by atoms with van der Waals surface area (Å²) in [5.41, 5.74) is 7.77. The summed E-state index contributed by atoms with van der Waals surface area (Å²) in [4.78, 5) is 28.4. The van der Waals surface area contributed by atoms with Gasteiger partial charge in [-0.25, -0.2) is 0 Å². The number of halogens is 1. The van der Waals surface area contributed by atoms with E-state index in [0.29, 0.717) is 40.9 Å². The highest BCUT2D eigenvalue weighted by Crippen LogP contribution is 2.30. The number of hydrogen-bond acceptors (Lipinski definition) is 6. The van der Waals surface area contributed by atoms with Crippen LogP contribution in [0.25, 0.3) is 0 Å². The lowest BCUT2D eigenvalue weighted by molar-refractivity contribution is -0.138. The second-order valence-corrected chi connectivity index (χ2v) is 10.5. The van der Waals surface area contributed by atoms with Crippen LogP contribution in [0.4, 0.5) is 5.69 Å². The minimum atomic E-state index is -0.259. The Morgan fingerprint density at radius 2 is 2.00 bits per heavy atom. The molecule has 1 saturated carbocycles. The highest BCUT2D eigenvalue weighted by Gasteiger charge is 2.30. The number of carbonyl (C=O) groups excluding carboxylic acids is 2. The van der Waals surface area contributed by atoms with Crippen molar-refractivity contribution in [3.63, 3.8) is 0 Å². The van der Waals surface area contributed by atoms with E-state index in [4.69, 9.17) is 17.3 Å². The van der Waals surface area contributed by atoms with Crippen molar-refractivity contribution in [2.45, 2.75) is 59.4 Å². The molecule has 2 aromatic rings. The van der Waals surface area contributed by atoms with Gasteiger partial charge in [-0.1, -0.05) is 49.2 Å². The molecule has 2 amide bonds. The van der Waals surface area contributed by atoms with Gasteiger partial charge in [0.2, 0.25) is 5.91 Å². The number of hydrogen-bond donors (Lipinski definition) is 2. The fourth-order valence-corrected chi connectivity index (χ4v) is 4.74. The van der Waals surface area contributed by atoms with E-state index in [1.54, 1.807) is 19.1 Å². The quantitative estimate of drug-likeness (QED) is 0.576. The summed E-state index contributed by atoms with van der Waals surface area (Å²) in [5.74, 6) is -0.0333. The Balaban J connectivity index is 1.81. The minimum absolute atomic E-state index is 0.0563. The molecule has 32 heavy (non-hydrogen) atoms. The lowest BCUT2D eigenvalue weighted by Crippen LogP contribution is -2.44. The molecule has 174 valence electrons. The Morgan fingerprint density at radius 1 is 1.28 bits per heavy atom. The van der Waals surface area contributed by atoms with Crippen LogP contribution in [0.3, 0.4) is 0 Å². The van der Waals surface area contributed by atoms with Crippen LogP contribution in [0.1, 0.15) is 66.9 Å². The lowest BCUT2D eigenvalue weighted by Gasteiger charge is -2.35. The number of carbonyl (C=O) groups is 2. The summed E-state index contributed by atoms with van der Waals surface area (Å²) >= 11 is 7.56. The van der Waals surface area contributed by atoms with Gasteiger partial charge >= 0.3 is 0 Å². The smallest absolute Gasteiger partial charge is 0.269 e. The van der Waals surface area contributed by atoms with Crippen LogP contribution in [0.15, 0.2) is 18.2 Å². The first-order chi connectivity index (χ1) is 15.2. The molecule has 0 bridgehead atoms. The van der Waals surface area contributed by atoms with E-state index in [2.05, 4.69) is 28.8 Å². The normalized spacial score (nSPS) is 14.9. The SMILES string of the molecule is Cc1nnsc1C(=O)Nc1ccc(Cl)c(CN(CC(C)(C)CN)C(=O)C2CCCCC2)c1. The maximum Gasteiger partial charge on any atom is 0.269 e. The summed E-state index contributed by atoms with van der Waals surface area (Å²) in [6.45, 7) is 7.29. The van der Waals surface area contributed by atoms with Gasteiger partial charge in [0.05, 0.1) is 5.69 Å². The van der Waals surface area contributed by atoms with Crippen molar-refractivity contribution in [3.05, 3.63) is 39.4 Å². The first-order valence-electron chi connectivity index (χ1n) is 11.1. The van der Waals surface area contributed by atoms with Crippen molar-refractivity contribution >= 4 is 40.6 Å². The molecule has 1 aliphatic rings. The first kappa shape index (κ1) is 24.6. The average molecular weight is 478 g/mol. The molecule has 1 aromatic heterocycles. The van der Waals surface area contributed by atoms with E-state index in [9.17, 15) is 9.59 Å². The van der Waals surface area contributed by atoms with Crippen LogP contribution >= 0.6 is 23.1 Å². The first-order valence-corrected chi connectivity index (χ1v) is 12.2. The fourth-order valence-electron chi connectivity index (χ4n) is 4.01. The van der Waals surface area contributed by atoms with E-state index < -0.39 is 0 Å². The van der Waals surface area contributed by atoms with Gasteiger partial charge in [0.25, 0.3) is 5.91 Å². The van der Waals surface area contributed by atoms with Crippen LogP contribution in [0, 0.1) is 18.3 Å². The molecule has 0 atom stereocenters. The zero-order valence-electron chi connectivity index (χ0n) is 19.0. The Morgan fingerprint density at radius 3 is 2.62 bits per heavy atom. The van der Waals surface area contributed by atoms with Gasteiger partial charge in [-0.3, -0.25) is 9.59 Å². The number of aryl methyl sites for hydroxylation is 1. The third kappa shape index (κ3) is 6.27. The monoisotopic (exact) mass is 477 g/mol. The number of anilines is 1. The molecule has 0 radical (unpaired) electrons. The van der Waals surface area contributed by atoms with Gasteiger partial charge in [-0.2, -0.15) is 0 Å². The molecule has 3 N–H and O–H groups in total. The molecular formula is C23H32ClN5O2S. The van der Waals surface area contributed by atoms with Gasteiger partial charge < -0.3 is 16.0 Å². The van der Waals surface area contributed by atoms with E-state index >= 15 is 0 Å². The van der Waals surface area contributed by atoms with Crippen molar-refractivity contribution in [1.82, 2.24) is 14.5 Å². The molecule has 0 unspecified atom stereocenters. The summed E-state index contributed by atoms with van der Waals surface area (Å²) < 4.78 is 3.82. The second-order valence-electron chi connectivity index (χ2n) is 9.35. The molecule has 1 aromatic carbocycles. The summed E-state index contributed by atoms with van der Waals surface area (Å²) in [6, 6.07) is 5.34. The standard InChI is InChI=1S/C23H32ClN5O2S/c1-15-20(32-28-27-15)21(30)26-18-9-10-19(24)17(11-18)12-29(14-23(2,3)13-25)22(31)16-7-5-4-6-8-16/h9-11,16H,4-8,12-14,25H2,1-3H3,(H,26,30). The van der Waals surface area contributed by atoms with Gasteiger partial charge in [-0.15, -0.1) is 5.10 Å². The van der Waals surface area contributed by atoms with Gasteiger partial charge in [0.15, 0.2) is 0 Å². The maximum atomic E-state index is 13.4. The molecule has 1 aliphatic carbocycles. The van der Waals surface area contributed by atoms with Gasteiger partial charge in [0, 0.05) is 29.7 Å². The van der Waals surface area contributed by atoms with Crippen LogP contribution in [-0.4, -0.2) is 39.4 Å². The van der Waals surface area contributed by atoms with Crippen molar-refractivity contribution in [1.29, 1.82) is 0 Å². The van der Waals surface area contributed by atoms with E-state index in [0.717, 1.165) is 42.8 Å². The van der Waals surface area contributed by atoms with Gasteiger partial charge in [0.1, 0.15) is 4.88 Å². The van der Waals surface area contributed by atoms with Gasteiger partial charge in [-0.05, 0) is 67.0 Å². The van der Waals surface area contributed by atoms with Crippen LogP contribution < -0.4 is 11.1 Å². The highest BCUT2D eigenvalue weighted by atomic mass is 35.5. The molecule has 0 aliphatic heterocycles. The lowest BCUT2D eigenvalue weighted by atomic mass is 9.86. The topological polar surface area (TPSA) is 101 Å². The second kappa shape index (κ2) is 10.7. The molecule has 1 heterocycles. The molecule has 9 heteroatoms. The Labute approximate surface area is 198 Å². The predicted octanol–water partition coefficient (Wildman–Crippen LogP) is 4.65. The molecule has 7 nitrogen and oxygen atoms in total. The molecule has 0 spiro atoms. The van der Waals surface area contributed by atoms with E-state index in [-0.39, 0.29) is 23.1 Å². The van der Waals surface area contributed by atoms with Crippen LogP contribution in [0.2, 0.25) is 5.02 Å². The number of rotatable bonds is 8. The number of nitrogens with two attached hydrogens (primary N) is 1. The van der Waals surface area contributed by atoms with Crippen molar-refractivity contribution in [3.8, 4) is 0 Å². The number of amides is 2. The number of nitrogens with zero attached hydrogens (tertiary/aromatic N) is 3. The van der Waals surface area contributed by atoms with Crippen molar-refractivity contribution in [2.24, 2.45) is 17.1 Å². The van der Waals surface area contributed by atoms with Crippen LogP contribution in [0.5, 0.6) is 0 Å². The molecule has 0 saturated heterocycles. The number of aromatic nitrogens is 2. The zero-order chi connectivity index (χ0) is 23.3. The summed E-state index contributed by atoms with van der Waals surface area (Å²) in [6.07, 6.45) is 5.26. The highest BCUT2D eigenvalue weighted by molar-refractivity contribution is 7.08. The van der Waals surface area contributed by atoms with Crippen LogP contribution in [-0.2, 0) is 11.3 Å². The maximum absolute atomic E-state index is 13.4. The van der Waals surface area contributed by atoms with E-state index in [1.807, 2.05) is 11.0 Å². The minimum Gasteiger partial charge on any atom is -0.337 e. The largest absolute Gasteiger partial charge is 0.337 e. The average Bonchev–Trinajstić information content (AvgIpc) is 3.21. The molecule has 3 rings (SSSR count). The van der Waals surface area contributed by atoms with Crippen molar-refractivity contribution in [2.75, 3.05) is 18.4 Å². The Bertz CT molecular complexity index is 956. The predicted molar refractivity (Wildman–Crippen MR) is 129 cm³/mol. The molecule has 1 fully saturated rings. The zero-order valence-corrected chi connectivity index (χ0v) is 20.6. The summed E-state index contributed by atoms with van der Waals surface area (Å²) in [5, 5.41) is 7.34. The Hall–Kier alpha value is -2.03. The van der Waals surface area contributed by atoms with Crippen molar-refractivity contribution < 1.29 is 9.59 Å². The van der Waals surface area contributed by atoms with E-state index in [1.165, 1.54) is 6.42 Å². The Kier molecular flexibility index (Phi) is 8.25. The number of benzene rings is 1. The third-order valence-electron chi connectivity index (χ3n) is 5.96. The number of nitrogens with one attached hydrogen (secondary N) is 1. The fraction of sp³-hybridized carbons (Fsp3) is 0.565. The molecular weight excluding hydrogens is 446 g/mol. The summed E-state index contributed by atoms with van der Waals surface area (Å²) in [7, 11) is 0. The third-order valence-corrected chi connectivity index (χ3v) is 7.16.